The predicted octanol–water partition coefficient (Wildman–Crippen LogP) is 4.32. The van der Waals surface area contributed by atoms with E-state index in [1.807, 2.05) is 0 Å². The van der Waals surface area contributed by atoms with Gasteiger partial charge in [0.2, 0.25) is 0 Å². The molecule has 1 aromatic carbocycles. The molecule has 0 amide bonds. The van der Waals surface area contributed by atoms with Crippen LogP contribution in [0.3, 0.4) is 0 Å². The highest BCUT2D eigenvalue weighted by atomic mass is 15.1. The second kappa shape index (κ2) is 7.72. The zero-order valence-electron chi connectivity index (χ0n) is 13.4. The minimum absolute atomic E-state index is 0.363. The molecule has 2 heteroatoms. The molecule has 0 aromatic heterocycles. The Balaban J connectivity index is 2.04. The molecule has 0 radical (unpaired) electrons. The smallest absolute Gasteiger partial charge is 0.0657 e. The first-order valence-corrected chi connectivity index (χ1v) is 7.92. The van der Waals surface area contributed by atoms with Crippen molar-refractivity contribution < 1.29 is 0 Å². The third kappa shape index (κ3) is 4.01. The van der Waals surface area contributed by atoms with E-state index in [2.05, 4.69) is 91.4 Å². The lowest BCUT2D eigenvalue weighted by Crippen LogP contribution is -2.28. The largest absolute Gasteiger partial charge is 0.372 e. The number of likely N-dealkylation sites (N-methyl/N-ethyl adjacent to an activating group) is 1. The van der Waals surface area contributed by atoms with Gasteiger partial charge >= 0.3 is 0 Å². The lowest BCUT2D eigenvalue weighted by Gasteiger charge is -2.26. The van der Waals surface area contributed by atoms with Crippen LogP contribution in [-0.2, 0) is 0 Å². The van der Waals surface area contributed by atoms with Gasteiger partial charge in [-0.05, 0) is 50.7 Å². The number of hydrogen-bond donors (Lipinski definition) is 0. The number of nitrogens with zero attached hydrogens (tertiary/aromatic N) is 2. The van der Waals surface area contributed by atoms with Gasteiger partial charge in [0.1, 0.15) is 0 Å². The molecule has 0 saturated carbocycles. The lowest BCUT2D eigenvalue weighted by atomic mass is 10.1. The van der Waals surface area contributed by atoms with E-state index < -0.39 is 0 Å². The van der Waals surface area contributed by atoms with Gasteiger partial charge in [-0.2, -0.15) is 0 Å². The molecule has 1 heterocycles. The second-order valence-corrected chi connectivity index (χ2v) is 5.17. The first kappa shape index (κ1) is 15.4. The minimum atomic E-state index is 0.363. The van der Waals surface area contributed by atoms with Crippen LogP contribution in [0.5, 0.6) is 0 Å². The molecule has 2 nitrogen and oxygen atoms in total. The molecule has 1 atom stereocenters. The number of allylic oxidation sites excluding steroid dienone is 2. The molecule has 1 aliphatic heterocycles. The molecule has 112 valence electrons. The van der Waals surface area contributed by atoms with Crippen LogP contribution < -0.4 is 4.90 Å². The van der Waals surface area contributed by atoms with Crippen molar-refractivity contribution >= 4 is 11.8 Å². The fourth-order valence-electron chi connectivity index (χ4n) is 2.63. The maximum absolute atomic E-state index is 2.36. The van der Waals surface area contributed by atoms with E-state index in [1.54, 1.807) is 0 Å². The van der Waals surface area contributed by atoms with E-state index in [4.69, 9.17) is 0 Å². The Morgan fingerprint density at radius 1 is 1.05 bits per heavy atom. The maximum Gasteiger partial charge on any atom is 0.0657 e. The summed E-state index contributed by atoms with van der Waals surface area (Å²) in [6.07, 6.45) is 13.1. The van der Waals surface area contributed by atoms with Gasteiger partial charge in [-0.3, -0.25) is 0 Å². The molecule has 0 aliphatic carbocycles. The molecule has 0 N–H and O–H groups in total. The Hall–Kier alpha value is -1.96. The molecule has 0 spiro atoms. The molecule has 0 saturated heterocycles. The van der Waals surface area contributed by atoms with E-state index in [0.29, 0.717) is 6.04 Å². The predicted molar refractivity (Wildman–Crippen MR) is 93.5 cm³/mol. The molecule has 0 bridgehead atoms. The molecule has 1 aliphatic rings. The van der Waals surface area contributed by atoms with E-state index in [1.165, 1.54) is 11.3 Å². The fraction of sp³-hybridized carbons (Fsp3) is 0.368. The summed E-state index contributed by atoms with van der Waals surface area (Å²) >= 11 is 0. The van der Waals surface area contributed by atoms with Gasteiger partial charge in [-0.25, -0.2) is 0 Å². The summed E-state index contributed by atoms with van der Waals surface area (Å²) in [7, 11) is 0. The van der Waals surface area contributed by atoms with Crippen LogP contribution in [0.2, 0.25) is 0 Å². The van der Waals surface area contributed by atoms with Crippen LogP contribution in [0.1, 0.15) is 26.3 Å². The number of rotatable bonds is 6. The Bertz CT molecular complexity index is 507. The van der Waals surface area contributed by atoms with Crippen LogP contribution in [-0.4, -0.2) is 30.6 Å². The van der Waals surface area contributed by atoms with Gasteiger partial charge < -0.3 is 9.80 Å². The third-order valence-corrected chi connectivity index (χ3v) is 3.95. The Labute approximate surface area is 129 Å². The normalized spacial score (nSPS) is 17.7. The van der Waals surface area contributed by atoms with Crippen LogP contribution in [0.25, 0.3) is 6.08 Å². The van der Waals surface area contributed by atoms with Crippen molar-refractivity contribution in [3.8, 4) is 0 Å². The fourth-order valence-corrected chi connectivity index (χ4v) is 2.63. The summed E-state index contributed by atoms with van der Waals surface area (Å²) in [5.74, 6) is 0. The van der Waals surface area contributed by atoms with Crippen LogP contribution in [0, 0.1) is 0 Å². The monoisotopic (exact) mass is 282 g/mol. The van der Waals surface area contributed by atoms with Crippen LogP contribution >= 0.6 is 0 Å². The van der Waals surface area contributed by atoms with Gasteiger partial charge in [0, 0.05) is 25.3 Å². The van der Waals surface area contributed by atoms with Crippen molar-refractivity contribution in [2.45, 2.75) is 26.8 Å². The average molecular weight is 282 g/mol. The Morgan fingerprint density at radius 3 is 2.38 bits per heavy atom. The van der Waals surface area contributed by atoms with E-state index in [9.17, 15) is 0 Å². The molecular weight excluding hydrogens is 256 g/mol. The quantitative estimate of drug-likeness (QED) is 0.766. The highest BCUT2D eigenvalue weighted by molar-refractivity contribution is 5.56. The summed E-state index contributed by atoms with van der Waals surface area (Å²) in [5, 5.41) is 0. The van der Waals surface area contributed by atoms with Gasteiger partial charge in [-0.1, -0.05) is 36.4 Å². The zero-order valence-corrected chi connectivity index (χ0v) is 13.4. The van der Waals surface area contributed by atoms with Gasteiger partial charge in [0.25, 0.3) is 0 Å². The second-order valence-electron chi connectivity index (χ2n) is 5.17. The number of benzene rings is 1. The van der Waals surface area contributed by atoms with Gasteiger partial charge in [0.15, 0.2) is 0 Å². The zero-order chi connectivity index (χ0) is 15.1. The summed E-state index contributed by atoms with van der Waals surface area (Å²) < 4.78 is 0. The first-order valence-electron chi connectivity index (χ1n) is 7.92. The van der Waals surface area contributed by atoms with Crippen molar-refractivity contribution in [1.82, 2.24) is 4.90 Å². The van der Waals surface area contributed by atoms with Crippen molar-refractivity contribution in [2.75, 3.05) is 24.5 Å². The lowest BCUT2D eigenvalue weighted by molar-refractivity contribution is 0.376. The van der Waals surface area contributed by atoms with Gasteiger partial charge in [-0.15, -0.1) is 0 Å². The maximum atomic E-state index is 2.36. The topological polar surface area (TPSA) is 6.48 Å². The van der Waals surface area contributed by atoms with Crippen molar-refractivity contribution in [2.24, 2.45) is 0 Å². The molecule has 1 aromatic rings. The van der Waals surface area contributed by atoms with Gasteiger partial charge in [0.05, 0.1) is 6.04 Å². The van der Waals surface area contributed by atoms with E-state index in [0.717, 1.165) is 19.6 Å². The van der Waals surface area contributed by atoms with Crippen molar-refractivity contribution in [3.63, 3.8) is 0 Å². The van der Waals surface area contributed by atoms with E-state index >= 15 is 0 Å². The van der Waals surface area contributed by atoms with Crippen molar-refractivity contribution in [1.29, 1.82) is 0 Å². The summed E-state index contributed by atoms with van der Waals surface area (Å²) in [5.41, 5.74) is 2.55. The minimum Gasteiger partial charge on any atom is -0.372 e. The summed E-state index contributed by atoms with van der Waals surface area (Å²) in [6.45, 7) is 9.70. The van der Waals surface area contributed by atoms with Crippen molar-refractivity contribution in [3.05, 3.63) is 60.3 Å². The summed E-state index contributed by atoms with van der Waals surface area (Å²) in [4.78, 5) is 4.68. The highest BCUT2D eigenvalue weighted by Crippen LogP contribution is 2.17. The van der Waals surface area contributed by atoms with E-state index in [-0.39, 0.29) is 0 Å². The standard InChI is InChI=1S/C19H26N2/c1-4-20(5-2)19-14-11-17(12-15-19)10-13-18-9-7-8-16-21(18)6-3/h7-16,18H,4-6H2,1-3H3. The summed E-state index contributed by atoms with van der Waals surface area (Å²) in [6, 6.07) is 9.18. The third-order valence-electron chi connectivity index (χ3n) is 3.95. The van der Waals surface area contributed by atoms with Crippen LogP contribution in [0.4, 0.5) is 5.69 Å². The Morgan fingerprint density at radius 2 is 1.76 bits per heavy atom. The first-order chi connectivity index (χ1) is 10.3. The Kier molecular flexibility index (Phi) is 5.68. The number of anilines is 1. The highest BCUT2D eigenvalue weighted by Gasteiger charge is 2.08. The SMILES string of the molecule is CCN(CC)c1ccc(C=CC2C=CC=CN2CC)cc1. The molecule has 1 unspecified atom stereocenters. The molecule has 21 heavy (non-hydrogen) atoms. The number of hydrogen-bond acceptors (Lipinski definition) is 2. The molecule has 2 rings (SSSR count). The average Bonchev–Trinajstić information content (AvgIpc) is 2.55. The molecular formula is C19H26N2. The molecule has 0 fully saturated rings. The van der Waals surface area contributed by atoms with Crippen LogP contribution in [0.15, 0.2) is 54.8 Å².